The van der Waals surface area contributed by atoms with Crippen molar-refractivity contribution in [3.63, 3.8) is 0 Å². The Kier molecular flexibility index (Phi) is 4.61. The second-order valence-corrected chi connectivity index (χ2v) is 6.83. The molecule has 126 valence electrons. The quantitative estimate of drug-likeness (QED) is 0.432. The summed E-state index contributed by atoms with van der Waals surface area (Å²) in [6.45, 7) is 23.6. The molecule has 2 heteroatoms. The van der Waals surface area contributed by atoms with Gasteiger partial charge in [-0.2, -0.15) is 0 Å². The molecule has 3 aromatic carbocycles. The molecular formula is C24H20N2. The second kappa shape index (κ2) is 6.87. The lowest BCUT2D eigenvalue weighted by atomic mass is 9.93. The SMILES string of the molecule is [C-]#[N+]c1c(-c2cc(C)cc(C)c2)ccc(-c2cc(C)cc(C)c2)c1[N+]#[C-]. The minimum atomic E-state index is 0.432. The molecule has 0 aliphatic rings. The standard InChI is InChI=1S/C24H20N2/c1-15-9-16(2)12-19(11-15)21-7-8-22(24(26-6)23(21)25-5)20-13-17(3)10-18(4)14-20/h7-14H,1-4H3. The fourth-order valence-electron chi connectivity index (χ4n) is 3.53. The minimum absolute atomic E-state index is 0.432. The van der Waals surface area contributed by atoms with Crippen LogP contribution in [0.2, 0.25) is 0 Å². The highest BCUT2D eigenvalue weighted by Crippen LogP contribution is 2.45. The molecule has 0 heterocycles. The number of benzene rings is 3. The maximum absolute atomic E-state index is 7.71. The van der Waals surface area contributed by atoms with Crippen LogP contribution in [0.25, 0.3) is 31.9 Å². The van der Waals surface area contributed by atoms with Gasteiger partial charge in [-0.05, 0) is 49.9 Å². The molecule has 3 aromatic rings. The molecule has 0 unspecified atom stereocenters. The van der Waals surface area contributed by atoms with Crippen LogP contribution in [0.1, 0.15) is 22.3 Å². The number of hydrogen-bond acceptors (Lipinski definition) is 0. The normalized spacial score (nSPS) is 10.2. The van der Waals surface area contributed by atoms with Crippen LogP contribution in [0.3, 0.4) is 0 Å². The Hall–Kier alpha value is -3.36. The fraction of sp³-hybridized carbons (Fsp3) is 0.167. The molecule has 0 aliphatic heterocycles. The first-order valence-corrected chi connectivity index (χ1v) is 8.52. The summed E-state index contributed by atoms with van der Waals surface area (Å²) in [5.74, 6) is 0. The summed E-state index contributed by atoms with van der Waals surface area (Å²) >= 11 is 0. The molecule has 3 rings (SSSR count). The first kappa shape index (κ1) is 17.5. The Morgan fingerprint density at radius 2 is 0.846 bits per heavy atom. The molecule has 0 saturated heterocycles. The van der Waals surface area contributed by atoms with E-state index in [0.29, 0.717) is 11.4 Å². The Morgan fingerprint density at radius 3 is 1.12 bits per heavy atom. The van der Waals surface area contributed by atoms with Gasteiger partial charge in [-0.15, -0.1) is 0 Å². The van der Waals surface area contributed by atoms with E-state index in [9.17, 15) is 0 Å². The summed E-state index contributed by atoms with van der Waals surface area (Å²) in [5.41, 5.74) is 9.10. The van der Waals surface area contributed by atoms with Crippen molar-refractivity contribution in [2.45, 2.75) is 27.7 Å². The molecule has 0 aromatic heterocycles. The van der Waals surface area contributed by atoms with E-state index >= 15 is 0 Å². The predicted molar refractivity (Wildman–Crippen MR) is 109 cm³/mol. The van der Waals surface area contributed by atoms with E-state index in [-0.39, 0.29) is 0 Å². The van der Waals surface area contributed by atoms with Gasteiger partial charge in [0.1, 0.15) is 0 Å². The summed E-state index contributed by atoms with van der Waals surface area (Å²) < 4.78 is 0. The molecule has 0 N–H and O–H groups in total. The van der Waals surface area contributed by atoms with Gasteiger partial charge < -0.3 is 0 Å². The summed E-state index contributed by atoms with van der Waals surface area (Å²) in [6, 6.07) is 16.5. The van der Waals surface area contributed by atoms with E-state index in [2.05, 4.69) is 46.1 Å². The number of hydrogen-bond donors (Lipinski definition) is 0. The number of nitrogens with zero attached hydrogens (tertiary/aromatic N) is 2. The highest BCUT2D eigenvalue weighted by Gasteiger charge is 2.17. The van der Waals surface area contributed by atoms with E-state index in [1.165, 1.54) is 0 Å². The third kappa shape index (κ3) is 3.23. The van der Waals surface area contributed by atoms with E-state index in [4.69, 9.17) is 13.1 Å². The van der Waals surface area contributed by atoms with Gasteiger partial charge in [-0.25, -0.2) is 9.69 Å². The zero-order valence-corrected chi connectivity index (χ0v) is 15.5. The van der Waals surface area contributed by atoms with Gasteiger partial charge in [0.25, 0.3) is 0 Å². The van der Waals surface area contributed by atoms with Gasteiger partial charge in [0.2, 0.25) is 11.4 Å². The van der Waals surface area contributed by atoms with Gasteiger partial charge in [-0.1, -0.05) is 70.8 Å². The van der Waals surface area contributed by atoms with Crippen LogP contribution in [0.5, 0.6) is 0 Å². The smallest absolute Gasteiger partial charge is 0.202 e. The monoisotopic (exact) mass is 336 g/mol. The fourth-order valence-corrected chi connectivity index (χ4v) is 3.53. The van der Waals surface area contributed by atoms with Crippen molar-refractivity contribution in [1.29, 1.82) is 0 Å². The summed E-state index contributed by atoms with van der Waals surface area (Å²) in [5, 5.41) is 0. The minimum Gasteiger partial charge on any atom is -0.249 e. The summed E-state index contributed by atoms with van der Waals surface area (Å²) in [6.07, 6.45) is 0. The molecule has 0 spiro atoms. The van der Waals surface area contributed by atoms with Crippen molar-refractivity contribution in [3.05, 3.63) is 93.6 Å². The number of aryl methyl sites for hydroxylation is 4. The van der Waals surface area contributed by atoms with E-state index in [1.54, 1.807) is 0 Å². The third-order valence-electron chi connectivity index (χ3n) is 4.44. The lowest BCUT2D eigenvalue weighted by molar-refractivity contribution is 1.38. The van der Waals surface area contributed by atoms with Gasteiger partial charge in [-0.3, -0.25) is 0 Å². The number of rotatable bonds is 2. The van der Waals surface area contributed by atoms with E-state index in [1.807, 2.05) is 39.8 Å². The van der Waals surface area contributed by atoms with Crippen LogP contribution in [-0.2, 0) is 0 Å². The second-order valence-electron chi connectivity index (χ2n) is 6.83. The van der Waals surface area contributed by atoms with Gasteiger partial charge >= 0.3 is 0 Å². The highest BCUT2D eigenvalue weighted by atomic mass is 14.8. The average Bonchev–Trinajstić information content (AvgIpc) is 2.58. The lowest BCUT2D eigenvalue weighted by Crippen LogP contribution is -1.87. The Balaban J connectivity index is 2.29. The van der Waals surface area contributed by atoms with Gasteiger partial charge in [0.15, 0.2) is 0 Å². The topological polar surface area (TPSA) is 8.72 Å². The lowest BCUT2D eigenvalue weighted by Gasteiger charge is -2.13. The summed E-state index contributed by atoms with van der Waals surface area (Å²) in [4.78, 5) is 7.49. The Labute approximate surface area is 155 Å². The average molecular weight is 336 g/mol. The maximum Gasteiger partial charge on any atom is 0.202 e. The molecule has 0 bridgehead atoms. The molecule has 0 saturated carbocycles. The molecule has 0 aliphatic carbocycles. The van der Waals surface area contributed by atoms with E-state index in [0.717, 1.165) is 44.5 Å². The maximum atomic E-state index is 7.71. The van der Waals surface area contributed by atoms with Crippen molar-refractivity contribution in [2.75, 3.05) is 0 Å². The Bertz CT molecular complexity index is 963. The first-order valence-electron chi connectivity index (χ1n) is 8.52. The largest absolute Gasteiger partial charge is 0.249 e. The van der Waals surface area contributed by atoms with Crippen LogP contribution >= 0.6 is 0 Å². The van der Waals surface area contributed by atoms with Crippen LogP contribution in [0, 0.1) is 40.8 Å². The molecule has 0 fully saturated rings. The van der Waals surface area contributed by atoms with Crippen molar-refractivity contribution in [2.24, 2.45) is 0 Å². The Morgan fingerprint density at radius 1 is 0.538 bits per heavy atom. The highest BCUT2D eigenvalue weighted by molar-refractivity contribution is 5.97. The molecular weight excluding hydrogens is 316 g/mol. The molecule has 0 radical (unpaired) electrons. The molecule has 0 amide bonds. The van der Waals surface area contributed by atoms with Crippen molar-refractivity contribution >= 4 is 11.4 Å². The van der Waals surface area contributed by atoms with Crippen LogP contribution < -0.4 is 0 Å². The first-order chi connectivity index (χ1) is 12.4. The van der Waals surface area contributed by atoms with E-state index < -0.39 is 0 Å². The van der Waals surface area contributed by atoms with Crippen LogP contribution in [-0.4, -0.2) is 0 Å². The van der Waals surface area contributed by atoms with Crippen LogP contribution in [0.15, 0.2) is 48.5 Å². The summed E-state index contributed by atoms with van der Waals surface area (Å²) in [7, 11) is 0. The molecule has 26 heavy (non-hydrogen) atoms. The van der Waals surface area contributed by atoms with Gasteiger partial charge in [0.05, 0.1) is 13.1 Å². The third-order valence-corrected chi connectivity index (χ3v) is 4.44. The zero-order valence-electron chi connectivity index (χ0n) is 15.5. The molecule has 0 atom stereocenters. The van der Waals surface area contributed by atoms with Crippen molar-refractivity contribution in [1.82, 2.24) is 0 Å². The zero-order chi connectivity index (χ0) is 18.8. The van der Waals surface area contributed by atoms with Gasteiger partial charge in [0, 0.05) is 0 Å². The predicted octanol–water partition coefficient (Wildman–Crippen LogP) is 7.36. The molecule has 2 nitrogen and oxygen atoms in total. The van der Waals surface area contributed by atoms with Crippen molar-refractivity contribution < 1.29 is 0 Å². The van der Waals surface area contributed by atoms with Crippen molar-refractivity contribution in [3.8, 4) is 22.3 Å². The van der Waals surface area contributed by atoms with Crippen LogP contribution in [0.4, 0.5) is 11.4 Å².